The second kappa shape index (κ2) is 8.23. The molecule has 1 atom stereocenters. The number of aromatic amines is 1. The first-order valence-electron chi connectivity index (χ1n) is 12.1. The third-order valence-corrected chi connectivity index (χ3v) is 7.55. The van der Waals surface area contributed by atoms with Gasteiger partial charge in [-0.1, -0.05) is 18.2 Å². The molecule has 1 fully saturated rings. The summed E-state index contributed by atoms with van der Waals surface area (Å²) in [4.78, 5) is 46.4. The lowest BCUT2D eigenvalue weighted by Gasteiger charge is -2.35. The van der Waals surface area contributed by atoms with E-state index in [0.29, 0.717) is 24.2 Å². The Bertz CT molecular complexity index is 1590. The molecule has 3 aromatic carbocycles. The van der Waals surface area contributed by atoms with Crippen molar-refractivity contribution in [2.45, 2.75) is 25.8 Å². The number of ether oxygens (including phenoxy) is 1. The summed E-state index contributed by atoms with van der Waals surface area (Å²) in [6, 6.07) is 19.5. The van der Waals surface area contributed by atoms with Gasteiger partial charge in [0.2, 0.25) is 0 Å². The van der Waals surface area contributed by atoms with E-state index in [1.54, 1.807) is 43.2 Å². The van der Waals surface area contributed by atoms with Crippen molar-refractivity contribution in [3.8, 4) is 5.75 Å². The first-order valence-corrected chi connectivity index (χ1v) is 12.1. The quantitative estimate of drug-likeness (QED) is 0.392. The largest absolute Gasteiger partial charge is 0.497 e. The first kappa shape index (κ1) is 22.8. The number of rotatable bonds is 4. The highest BCUT2D eigenvalue weighted by molar-refractivity contribution is 6.23. The highest BCUT2D eigenvalue weighted by Gasteiger charge is 2.59. The van der Waals surface area contributed by atoms with Crippen LogP contribution in [0, 0.1) is 6.92 Å². The van der Waals surface area contributed by atoms with E-state index in [1.165, 1.54) is 4.90 Å². The summed E-state index contributed by atoms with van der Waals surface area (Å²) in [6.45, 7) is 4.14. The van der Waals surface area contributed by atoms with Gasteiger partial charge in [-0.05, 0) is 79.9 Å². The molecule has 0 radical (unpaired) electrons. The Morgan fingerprint density at radius 2 is 1.81 bits per heavy atom. The van der Waals surface area contributed by atoms with Crippen molar-refractivity contribution in [3.63, 3.8) is 0 Å². The minimum absolute atomic E-state index is 0.262. The highest BCUT2D eigenvalue weighted by atomic mass is 16.5. The normalized spacial score (nSPS) is 18.7. The van der Waals surface area contributed by atoms with Crippen molar-refractivity contribution in [3.05, 3.63) is 89.1 Å². The Kier molecular flexibility index (Phi) is 5.08. The van der Waals surface area contributed by atoms with Crippen molar-refractivity contribution in [2.75, 3.05) is 23.9 Å². The smallest absolute Gasteiger partial charge is 0.332 e. The van der Waals surface area contributed by atoms with Gasteiger partial charge in [-0.2, -0.15) is 0 Å². The monoisotopic (exact) mass is 494 g/mol. The fourth-order valence-corrected chi connectivity index (χ4v) is 5.44. The number of nitrogens with one attached hydrogen (secondary N) is 2. The minimum atomic E-state index is -1.15. The lowest BCUT2D eigenvalue weighted by atomic mass is 9.87. The molecule has 2 N–H and O–H groups in total. The predicted molar refractivity (Wildman–Crippen MR) is 141 cm³/mol. The number of aryl methyl sites for hydroxylation is 1. The fourth-order valence-electron chi connectivity index (χ4n) is 5.44. The number of aromatic nitrogens is 1. The Hall–Kier alpha value is -4.59. The summed E-state index contributed by atoms with van der Waals surface area (Å²) >= 11 is 0. The minimum Gasteiger partial charge on any atom is -0.497 e. The Morgan fingerprint density at radius 3 is 2.54 bits per heavy atom. The molecule has 0 saturated carbocycles. The second-order valence-corrected chi connectivity index (χ2v) is 9.60. The Balaban J connectivity index is 1.32. The molecular weight excluding hydrogens is 468 g/mol. The van der Waals surface area contributed by atoms with Crippen molar-refractivity contribution in [2.24, 2.45) is 0 Å². The summed E-state index contributed by atoms with van der Waals surface area (Å²) in [5.41, 5.74) is 4.06. The molecular formula is C29H26N4O4. The molecule has 1 aromatic heterocycles. The van der Waals surface area contributed by atoms with Crippen LogP contribution in [0.15, 0.2) is 66.7 Å². The summed E-state index contributed by atoms with van der Waals surface area (Å²) in [7, 11) is 1.62. The number of fused-ring (bicyclic) bond motifs is 5. The molecule has 2 aliphatic heterocycles. The van der Waals surface area contributed by atoms with Gasteiger partial charge in [0, 0.05) is 28.7 Å². The molecule has 0 spiro atoms. The number of H-pyrrole nitrogens is 1. The number of para-hydroxylation sites is 1. The Morgan fingerprint density at radius 1 is 1.05 bits per heavy atom. The number of anilines is 2. The van der Waals surface area contributed by atoms with Crippen LogP contribution in [0.4, 0.5) is 16.2 Å². The van der Waals surface area contributed by atoms with E-state index in [0.717, 1.165) is 39.2 Å². The number of hydrogen-bond donors (Lipinski definition) is 2. The van der Waals surface area contributed by atoms with E-state index in [1.807, 2.05) is 49.4 Å². The summed E-state index contributed by atoms with van der Waals surface area (Å²) in [6.07, 6.45) is 0.628. The number of imide groups is 1. The summed E-state index contributed by atoms with van der Waals surface area (Å²) in [5, 5.41) is 3.90. The van der Waals surface area contributed by atoms with Gasteiger partial charge < -0.3 is 19.9 Å². The molecule has 37 heavy (non-hydrogen) atoms. The van der Waals surface area contributed by atoms with Crippen LogP contribution in [0.5, 0.6) is 5.75 Å². The van der Waals surface area contributed by atoms with Gasteiger partial charge in [-0.3, -0.25) is 9.59 Å². The summed E-state index contributed by atoms with van der Waals surface area (Å²) in [5.74, 6) is 0.153. The van der Waals surface area contributed by atoms with Crippen LogP contribution in [-0.4, -0.2) is 41.4 Å². The molecule has 0 unspecified atom stereocenters. The number of methoxy groups -OCH3 is 1. The molecule has 0 bridgehead atoms. The number of carbonyl (C=O) groups excluding carboxylic acids is 3. The first-order chi connectivity index (χ1) is 17.8. The maximum Gasteiger partial charge on any atom is 0.332 e. The molecule has 4 amide bonds. The van der Waals surface area contributed by atoms with Crippen molar-refractivity contribution < 1.29 is 19.1 Å². The van der Waals surface area contributed by atoms with Crippen LogP contribution < -0.4 is 15.0 Å². The van der Waals surface area contributed by atoms with Gasteiger partial charge in [0.05, 0.1) is 18.5 Å². The van der Waals surface area contributed by atoms with Crippen LogP contribution in [-0.2, 0) is 16.8 Å². The van der Waals surface area contributed by atoms with Gasteiger partial charge in [-0.15, -0.1) is 0 Å². The second-order valence-electron chi connectivity index (χ2n) is 9.60. The van der Waals surface area contributed by atoms with Crippen molar-refractivity contribution in [1.29, 1.82) is 0 Å². The van der Waals surface area contributed by atoms with Gasteiger partial charge in [-0.25, -0.2) is 9.69 Å². The van der Waals surface area contributed by atoms with Gasteiger partial charge in [0.25, 0.3) is 11.8 Å². The Labute approximate surface area is 213 Å². The van der Waals surface area contributed by atoms with Crippen LogP contribution in [0.2, 0.25) is 0 Å². The SMILES string of the molecule is COc1ccc2[nH]c3c(c2c1)CCN1C(=O)N(c2ccc(C(=O)Nc4ccccc4C)cc2)C(=O)[C@]31C. The molecule has 8 heteroatoms. The van der Waals surface area contributed by atoms with Crippen LogP contribution >= 0.6 is 0 Å². The summed E-state index contributed by atoms with van der Waals surface area (Å²) < 4.78 is 5.39. The van der Waals surface area contributed by atoms with E-state index in [-0.39, 0.29) is 17.8 Å². The zero-order valence-corrected chi connectivity index (χ0v) is 20.8. The standard InChI is InChI=1S/C29H26N4O4/c1-17-6-4-5-7-23(17)31-26(34)18-8-10-19(11-9-18)33-27(35)29(2)25-21(14-15-32(29)28(33)36)22-16-20(37-3)12-13-24(22)30-25/h4-13,16,30H,14-15H2,1-3H3,(H,31,34)/t29-/m0/s1. The van der Waals surface area contributed by atoms with Crippen LogP contribution in [0.25, 0.3) is 10.9 Å². The maximum atomic E-state index is 13.9. The lowest BCUT2D eigenvalue weighted by molar-refractivity contribution is -0.125. The number of benzene rings is 3. The van der Waals surface area contributed by atoms with Gasteiger partial charge >= 0.3 is 6.03 Å². The number of nitrogens with zero attached hydrogens (tertiary/aromatic N) is 2. The highest BCUT2D eigenvalue weighted by Crippen LogP contribution is 2.45. The van der Waals surface area contributed by atoms with Gasteiger partial charge in [0.1, 0.15) is 5.75 Å². The average molecular weight is 495 g/mol. The molecule has 8 nitrogen and oxygen atoms in total. The van der Waals surface area contributed by atoms with E-state index < -0.39 is 5.54 Å². The van der Waals surface area contributed by atoms with Gasteiger partial charge in [0.15, 0.2) is 5.54 Å². The predicted octanol–water partition coefficient (Wildman–Crippen LogP) is 4.98. The van der Waals surface area contributed by atoms with Crippen molar-refractivity contribution >= 4 is 40.1 Å². The molecule has 6 rings (SSSR count). The molecule has 1 saturated heterocycles. The number of amides is 4. The van der Waals surface area contributed by atoms with E-state index in [4.69, 9.17) is 4.74 Å². The molecule has 2 aliphatic rings. The third-order valence-electron chi connectivity index (χ3n) is 7.55. The molecule has 4 aromatic rings. The van der Waals surface area contributed by atoms with E-state index >= 15 is 0 Å². The van der Waals surface area contributed by atoms with Crippen LogP contribution in [0.3, 0.4) is 0 Å². The third kappa shape index (κ3) is 3.32. The number of urea groups is 1. The lowest BCUT2D eigenvalue weighted by Crippen LogP contribution is -2.49. The van der Waals surface area contributed by atoms with E-state index in [2.05, 4.69) is 10.3 Å². The van der Waals surface area contributed by atoms with Crippen LogP contribution in [0.1, 0.15) is 34.1 Å². The maximum absolute atomic E-state index is 13.9. The fraction of sp³-hybridized carbons (Fsp3) is 0.207. The molecule has 186 valence electrons. The topological polar surface area (TPSA) is 94.7 Å². The van der Waals surface area contributed by atoms with E-state index in [9.17, 15) is 14.4 Å². The zero-order valence-electron chi connectivity index (χ0n) is 20.8. The molecule has 3 heterocycles. The molecule has 0 aliphatic carbocycles. The van der Waals surface area contributed by atoms with Crippen molar-refractivity contribution in [1.82, 2.24) is 9.88 Å². The average Bonchev–Trinajstić information content (AvgIpc) is 3.38. The number of carbonyl (C=O) groups is 3. The number of hydrogen-bond acceptors (Lipinski definition) is 4. The zero-order chi connectivity index (χ0) is 25.9.